The predicted molar refractivity (Wildman–Crippen MR) is 53.7 cm³/mol. The van der Waals surface area contributed by atoms with Crippen LogP contribution in [-0.2, 0) is 9.05 Å². The van der Waals surface area contributed by atoms with E-state index in [1.54, 1.807) is 12.1 Å². The average molecular weight is 297 g/mol. The van der Waals surface area contributed by atoms with Gasteiger partial charge in [0.2, 0.25) is 5.03 Å². The van der Waals surface area contributed by atoms with E-state index in [2.05, 4.69) is 26.0 Å². The highest BCUT2D eigenvalue weighted by molar-refractivity contribution is 9.10. The first kappa shape index (κ1) is 9.88. The van der Waals surface area contributed by atoms with Crippen molar-refractivity contribution >= 4 is 41.3 Å². The summed E-state index contributed by atoms with van der Waals surface area (Å²) in [6.07, 6.45) is 1.45. The van der Waals surface area contributed by atoms with Crippen LogP contribution in [0.25, 0.3) is 5.65 Å². The van der Waals surface area contributed by atoms with E-state index in [1.165, 1.54) is 6.20 Å². The van der Waals surface area contributed by atoms with Gasteiger partial charge in [-0.05, 0) is 28.1 Å². The summed E-state index contributed by atoms with van der Waals surface area (Å²) in [5.74, 6) is 0. The van der Waals surface area contributed by atoms with Crippen molar-refractivity contribution in [3.8, 4) is 0 Å². The number of hydrogen-bond acceptors (Lipinski definition) is 4. The maximum absolute atomic E-state index is 11.2. The molecule has 0 N–H and O–H groups in total. The molecule has 0 aliphatic rings. The molecule has 0 fully saturated rings. The number of imidazole rings is 1. The molecular formula is C6H3BrClN3O2S. The van der Waals surface area contributed by atoms with Gasteiger partial charge in [-0.2, -0.15) is 9.61 Å². The van der Waals surface area contributed by atoms with Crippen molar-refractivity contribution < 1.29 is 8.42 Å². The van der Waals surface area contributed by atoms with Crippen molar-refractivity contribution in [2.24, 2.45) is 0 Å². The summed E-state index contributed by atoms with van der Waals surface area (Å²) in [5, 5.41) is 3.67. The molecule has 0 spiro atoms. The molecule has 2 aromatic heterocycles. The van der Waals surface area contributed by atoms with E-state index in [4.69, 9.17) is 10.7 Å². The molecule has 0 bridgehead atoms. The Hall–Kier alpha value is -0.660. The van der Waals surface area contributed by atoms with Crippen molar-refractivity contribution in [2.45, 2.75) is 5.03 Å². The van der Waals surface area contributed by atoms with E-state index in [9.17, 15) is 8.42 Å². The zero-order valence-electron chi connectivity index (χ0n) is 6.55. The minimum absolute atomic E-state index is 0.158. The molecule has 0 amide bonds. The third-order valence-electron chi connectivity index (χ3n) is 1.54. The minimum Gasteiger partial charge on any atom is -0.219 e. The highest BCUT2D eigenvalue weighted by atomic mass is 79.9. The van der Waals surface area contributed by atoms with Crippen molar-refractivity contribution in [3.05, 3.63) is 22.9 Å². The monoisotopic (exact) mass is 295 g/mol. The normalized spacial score (nSPS) is 12.1. The Labute approximate surface area is 92.3 Å². The molecule has 74 valence electrons. The quantitative estimate of drug-likeness (QED) is 0.747. The third kappa shape index (κ3) is 1.51. The topological polar surface area (TPSA) is 64.3 Å². The van der Waals surface area contributed by atoms with Gasteiger partial charge in [-0.25, -0.2) is 13.4 Å². The van der Waals surface area contributed by atoms with Crippen molar-refractivity contribution in [2.75, 3.05) is 0 Å². The number of hydrogen-bond donors (Lipinski definition) is 0. The summed E-state index contributed by atoms with van der Waals surface area (Å²) in [5.41, 5.74) is 0.415. The van der Waals surface area contributed by atoms with Gasteiger partial charge in [-0.1, -0.05) is 0 Å². The van der Waals surface area contributed by atoms with Gasteiger partial charge in [0.1, 0.15) is 4.60 Å². The molecule has 5 nitrogen and oxygen atoms in total. The van der Waals surface area contributed by atoms with E-state index in [0.717, 1.165) is 4.52 Å². The molecule has 0 aliphatic carbocycles. The molecule has 14 heavy (non-hydrogen) atoms. The van der Waals surface area contributed by atoms with Crippen LogP contribution in [0.1, 0.15) is 0 Å². The molecule has 2 aromatic rings. The second-order valence-corrected chi connectivity index (χ2v) is 5.67. The number of rotatable bonds is 1. The van der Waals surface area contributed by atoms with Crippen molar-refractivity contribution in [1.82, 2.24) is 14.6 Å². The second-order valence-electron chi connectivity index (χ2n) is 2.44. The molecule has 0 saturated heterocycles. The lowest BCUT2D eigenvalue weighted by Gasteiger charge is -1.94. The smallest absolute Gasteiger partial charge is 0.219 e. The Morgan fingerprint density at radius 1 is 1.50 bits per heavy atom. The standard InChI is InChI=1S/C6H3BrClN3O2S/c7-5-6(14(8,12)13)11-4(10-5)2-1-3-9-11/h1-3H. The van der Waals surface area contributed by atoms with Gasteiger partial charge >= 0.3 is 0 Å². The van der Waals surface area contributed by atoms with Gasteiger partial charge < -0.3 is 0 Å². The Morgan fingerprint density at radius 3 is 2.86 bits per heavy atom. The molecule has 0 saturated carbocycles. The van der Waals surface area contributed by atoms with Gasteiger partial charge in [-0.3, -0.25) is 0 Å². The van der Waals surface area contributed by atoms with Crippen LogP contribution in [0.3, 0.4) is 0 Å². The van der Waals surface area contributed by atoms with Crippen LogP contribution >= 0.6 is 26.6 Å². The molecule has 8 heteroatoms. The first-order valence-electron chi connectivity index (χ1n) is 3.44. The van der Waals surface area contributed by atoms with E-state index < -0.39 is 9.05 Å². The predicted octanol–water partition coefficient (Wildman–Crippen LogP) is 1.42. The van der Waals surface area contributed by atoms with Crippen LogP contribution in [0.15, 0.2) is 28.0 Å². The zero-order valence-corrected chi connectivity index (χ0v) is 9.71. The van der Waals surface area contributed by atoms with Crippen LogP contribution in [0, 0.1) is 0 Å². The number of halogens is 2. The Morgan fingerprint density at radius 2 is 2.21 bits per heavy atom. The van der Waals surface area contributed by atoms with Gasteiger partial charge in [0.25, 0.3) is 9.05 Å². The fourth-order valence-corrected chi connectivity index (χ4v) is 3.32. The summed E-state index contributed by atoms with van der Waals surface area (Å²) in [4.78, 5) is 3.93. The molecule has 0 unspecified atom stereocenters. The maximum atomic E-state index is 11.2. The minimum atomic E-state index is -3.85. The lowest BCUT2D eigenvalue weighted by atomic mass is 10.6. The van der Waals surface area contributed by atoms with E-state index in [1.807, 2.05) is 0 Å². The summed E-state index contributed by atoms with van der Waals surface area (Å²) >= 11 is 3.01. The molecule has 0 atom stereocenters. The van der Waals surface area contributed by atoms with Gasteiger partial charge in [0.05, 0.1) is 0 Å². The van der Waals surface area contributed by atoms with E-state index in [0.29, 0.717) is 5.65 Å². The largest absolute Gasteiger partial charge is 0.281 e. The highest BCUT2D eigenvalue weighted by Crippen LogP contribution is 2.24. The SMILES string of the molecule is O=S(=O)(Cl)c1c(Br)nc2cccnn12. The average Bonchev–Trinajstić information content (AvgIpc) is 2.38. The highest BCUT2D eigenvalue weighted by Gasteiger charge is 2.22. The summed E-state index contributed by atoms with van der Waals surface area (Å²) in [7, 11) is 1.37. The van der Waals surface area contributed by atoms with Gasteiger partial charge in [0, 0.05) is 16.9 Å². The zero-order chi connectivity index (χ0) is 10.3. The Balaban J connectivity index is 2.95. The van der Waals surface area contributed by atoms with Crippen molar-refractivity contribution in [3.63, 3.8) is 0 Å². The number of fused-ring (bicyclic) bond motifs is 1. The molecule has 2 rings (SSSR count). The fourth-order valence-electron chi connectivity index (χ4n) is 1.04. The van der Waals surface area contributed by atoms with Crippen molar-refractivity contribution in [1.29, 1.82) is 0 Å². The third-order valence-corrected chi connectivity index (χ3v) is 3.63. The van der Waals surface area contributed by atoms with E-state index >= 15 is 0 Å². The molecule has 0 aliphatic heterocycles. The van der Waals surface area contributed by atoms with E-state index in [-0.39, 0.29) is 9.63 Å². The number of aromatic nitrogens is 3. The molecular weight excluding hydrogens is 294 g/mol. The summed E-state index contributed by atoms with van der Waals surface area (Å²) in [6.45, 7) is 0. The molecule has 0 radical (unpaired) electrons. The van der Waals surface area contributed by atoms with Crippen LogP contribution < -0.4 is 0 Å². The van der Waals surface area contributed by atoms with Crippen LogP contribution in [-0.4, -0.2) is 23.0 Å². The van der Waals surface area contributed by atoms with Crippen LogP contribution in [0.2, 0.25) is 0 Å². The van der Waals surface area contributed by atoms with Crippen LogP contribution in [0.5, 0.6) is 0 Å². The Kier molecular flexibility index (Phi) is 2.24. The van der Waals surface area contributed by atoms with Gasteiger partial charge in [-0.15, -0.1) is 0 Å². The first-order valence-corrected chi connectivity index (χ1v) is 6.54. The second kappa shape index (κ2) is 3.18. The lowest BCUT2D eigenvalue weighted by molar-refractivity contribution is 0.601. The Bertz CT molecular complexity index is 594. The molecule has 0 aromatic carbocycles. The lowest BCUT2D eigenvalue weighted by Crippen LogP contribution is -2.00. The van der Waals surface area contributed by atoms with Crippen LogP contribution in [0.4, 0.5) is 0 Å². The summed E-state index contributed by atoms with van der Waals surface area (Å²) in [6, 6.07) is 3.28. The fraction of sp³-hybridized carbons (Fsp3) is 0. The summed E-state index contributed by atoms with van der Waals surface area (Å²) < 4.78 is 23.6. The molecule has 2 heterocycles. The maximum Gasteiger partial charge on any atom is 0.281 e. The first-order chi connectivity index (χ1) is 6.50. The van der Waals surface area contributed by atoms with Gasteiger partial charge in [0.15, 0.2) is 5.65 Å². The number of nitrogens with zero attached hydrogens (tertiary/aromatic N) is 3.